The molecule has 0 N–H and O–H groups in total. The van der Waals surface area contributed by atoms with Crippen LogP contribution in [0.25, 0.3) is 0 Å². The van der Waals surface area contributed by atoms with Crippen LogP contribution in [0.1, 0.15) is 239 Å². The Bertz CT molecular complexity index is 1550. The molecule has 0 bridgehead atoms. The van der Waals surface area contributed by atoms with Crippen LogP contribution >= 0.6 is 0 Å². The quantitative estimate of drug-likeness (QED) is 0.0262. The van der Waals surface area contributed by atoms with E-state index in [1.807, 2.05) is 0 Å². The lowest BCUT2D eigenvalue weighted by molar-refractivity contribution is -0.167. The monoisotopic (exact) mass is 981 g/mol. The van der Waals surface area contributed by atoms with Gasteiger partial charge in [-0.25, -0.2) is 0 Å². The average Bonchev–Trinajstić information content (AvgIpc) is 3.37. The van der Waals surface area contributed by atoms with Crippen molar-refractivity contribution in [2.75, 3.05) is 13.2 Å². The largest absolute Gasteiger partial charge is 0.462 e. The Morgan fingerprint density at radius 3 is 0.789 bits per heavy atom. The van der Waals surface area contributed by atoms with E-state index in [2.05, 4.69) is 154 Å². The third kappa shape index (κ3) is 56.3. The van der Waals surface area contributed by atoms with Gasteiger partial charge in [0, 0.05) is 19.3 Å². The van der Waals surface area contributed by atoms with Crippen LogP contribution in [0.4, 0.5) is 0 Å². The van der Waals surface area contributed by atoms with Gasteiger partial charge < -0.3 is 14.2 Å². The van der Waals surface area contributed by atoms with Gasteiger partial charge in [0.15, 0.2) is 6.10 Å². The van der Waals surface area contributed by atoms with Crippen LogP contribution in [-0.4, -0.2) is 37.2 Å². The topological polar surface area (TPSA) is 78.9 Å². The van der Waals surface area contributed by atoms with Crippen molar-refractivity contribution >= 4 is 17.9 Å². The molecule has 0 heterocycles. The molecule has 0 radical (unpaired) electrons. The molecule has 0 saturated heterocycles. The Hall–Kier alpha value is -4.45. The molecule has 0 aliphatic rings. The number of carbonyl (C=O) groups is 3. The number of carbonyl (C=O) groups excluding carboxylic acids is 3. The third-order valence-corrected chi connectivity index (χ3v) is 11.6. The summed E-state index contributed by atoms with van der Waals surface area (Å²) >= 11 is 0. The fraction of sp³-hybridized carbons (Fsp3) is 0.615. The van der Waals surface area contributed by atoms with Gasteiger partial charge in [0.25, 0.3) is 0 Å². The first-order chi connectivity index (χ1) is 35.0. The second-order valence-electron chi connectivity index (χ2n) is 18.5. The minimum atomic E-state index is -0.830. The van der Waals surface area contributed by atoms with Gasteiger partial charge in [-0.3, -0.25) is 14.4 Å². The van der Waals surface area contributed by atoms with Crippen LogP contribution < -0.4 is 0 Å². The summed E-state index contributed by atoms with van der Waals surface area (Å²) in [6, 6.07) is 0. The Balaban J connectivity index is 4.59. The van der Waals surface area contributed by atoms with E-state index in [1.54, 1.807) is 0 Å². The second kappa shape index (κ2) is 58.1. The SMILES string of the molecule is CCCCC/C=C\C/C=C\C/C=C\C/C=C\CCCCCC(=O)OC[C@H](COC(=O)CCCC/C=C\C/C=C\C/C=C\CCCCC)OC(=O)CCCCC/C=C\C/C=C\C/C=C\C/C=C\CCCCC. The van der Waals surface area contributed by atoms with Gasteiger partial charge in [-0.05, 0) is 148 Å². The van der Waals surface area contributed by atoms with Crippen molar-refractivity contribution in [3.05, 3.63) is 134 Å². The maximum Gasteiger partial charge on any atom is 0.306 e. The third-order valence-electron chi connectivity index (χ3n) is 11.6. The molecule has 1 atom stereocenters. The van der Waals surface area contributed by atoms with E-state index in [9.17, 15) is 14.4 Å². The fourth-order valence-electron chi connectivity index (χ4n) is 7.24. The summed E-state index contributed by atoms with van der Waals surface area (Å²) in [5.41, 5.74) is 0. The van der Waals surface area contributed by atoms with Crippen molar-refractivity contribution < 1.29 is 28.6 Å². The van der Waals surface area contributed by atoms with Crippen LogP contribution in [0, 0.1) is 0 Å². The Labute approximate surface area is 436 Å². The minimum Gasteiger partial charge on any atom is -0.462 e. The van der Waals surface area contributed by atoms with Gasteiger partial charge in [-0.15, -0.1) is 0 Å². The van der Waals surface area contributed by atoms with E-state index < -0.39 is 6.10 Å². The number of esters is 3. The molecule has 6 nitrogen and oxygen atoms in total. The maximum atomic E-state index is 12.9. The van der Waals surface area contributed by atoms with E-state index in [0.717, 1.165) is 109 Å². The lowest BCUT2D eigenvalue weighted by atomic mass is 10.1. The van der Waals surface area contributed by atoms with Crippen molar-refractivity contribution in [2.45, 2.75) is 245 Å². The molecule has 0 saturated carbocycles. The number of ether oxygens (including phenoxy) is 3. The number of hydrogen-bond acceptors (Lipinski definition) is 6. The van der Waals surface area contributed by atoms with Crippen LogP contribution in [-0.2, 0) is 28.6 Å². The molecule has 0 aliphatic heterocycles. The molecule has 6 heteroatoms. The molecular formula is C65H104O6. The van der Waals surface area contributed by atoms with Crippen LogP contribution in [0.5, 0.6) is 0 Å². The number of allylic oxidation sites excluding steroid dienone is 22. The number of unbranched alkanes of at least 4 members (excludes halogenated alkanes) is 17. The van der Waals surface area contributed by atoms with Crippen LogP contribution in [0.3, 0.4) is 0 Å². The van der Waals surface area contributed by atoms with Gasteiger partial charge in [-0.2, -0.15) is 0 Å². The van der Waals surface area contributed by atoms with E-state index in [0.29, 0.717) is 25.7 Å². The second-order valence-corrected chi connectivity index (χ2v) is 18.5. The van der Waals surface area contributed by atoms with Crippen molar-refractivity contribution in [2.24, 2.45) is 0 Å². The number of hydrogen-bond donors (Lipinski definition) is 0. The van der Waals surface area contributed by atoms with Crippen LogP contribution in [0.2, 0.25) is 0 Å². The molecule has 0 aliphatic carbocycles. The van der Waals surface area contributed by atoms with Gasteiger partial charge in [-0.1, -0.05) is 206 Å². The highest BCUT2D eigenvalue weighted by atomic mass is 16.6. The van der Waals surface area contributed by atoms with E-state index in [4.69, 9.17) is 14.2 Å². The normalized spacial score (nSPS) is 13.1. The first-order valence-electron chi connectivity index (χ1n) is 28.7. The predicted octanol–water partition coefficient (Wildman–Crippen LogP) is 19.4. The highest BCUT2D eigenvalue weighted by Gasteiger charge is 2.19. The first-order valence-corrected chi connectivity index (χ1v) is 28.7. The molecule has 0 aromatic carbocycles. The summed E-state index contributed by atoms with van der Waals surface area (Å²) in [4.78, 5) is 38.1. The molecule has 0 aromatic rings. The summed E-state index contributed by atoms with van der Waals surface area (Å²) in [5, 5.41) is 0. The Morgan fingerprint density at radius 2 is 0.507 bits per heavy atom. The lowest BCUT2D eigenvalue weighted by Crippen LogP contribution is -2.30. The zero-order valence-electron chi connectivity index (χ0n) is 45.7. The van der Waals surface area contributed by atoms with Gasteiger partial charge >= 0.3 is 17.9 Å². The average molecular weight is 982 g/mol. The smallest absolute Gasteiger partial charge is 0.306 e. The summed E-state index contributed by atoms with van der Waals surface area (Å²) in [5.74, 6) is -1.03. The summed E-state index contributed by atoms with van der Waals surface area (Å²) in [6.07, 6.45) is 81.5. The molecule has 0 spiro atoms. The summed E-state index contributed by atoms with van der Waals surface area (Å²) < 4.78 is 16.8. The lowest BCUT2D eigenvalue weighted by Gasteiger charge is -2.18. The highest BCUT2D eigenvalue weighted by molar-refractivity contribution is 5.71. The zero-order valence-corrected chi connectivity index (χ0v) is 45.7. The maximum absolute atomic E-state index is 12.9. The van der Waals surface area contributed by atoms with Crippen molar-refractivity contribution in [1.82, 2.24) is 0 Å². The molecule has 400 valence electrons. The molecule has 0 rings (SSSR count). The van der Waals surface area contributed by atoms with E-state index in [1.165, 1.54) is 77.0 Å². The minimum absolute atomic E-state index is 0.124. The van der Waals surface area contributed by atoms with E-state index >= 15 is 0 Å². The molecule has 0 amide bonds. The summed E-state index contributed by atoms with van der Waals surface area (Å²) in [7, 11) is 0. The molecule has 71 heavy (non-hydrogen) atoms. The van der Waals surface area contributed by atoms with Crippen molar-refractivity contribution in [3.8, 4) is 0 Å². The zero-order chi connectivity index (χ0) is 51.4. The first kappa shape index (κ1) is 66.6. The Morgan fingerprint density at radius 1 is 0.282 bits per heavy atom. The number of rotatable bonds is 50. The Kier molecular flexibility index (Phi) is 54.5. The van der Waals surface area contributed by atoms with Gasteiger partial charge in [0.1, 0.15) is 13.2 Å². The van der Waals surface area contributed by atoms with Gasteiger partial charge in [0.05, 0.1) is 0 Å². The fourth-order valence-corrected chi connectivity index (χ4v) is 7.24. The van der Waals surface area contributed by atoms with Crippen molar-refractivity contribution in [1.29, 1.82) is 0 Å². The standard InChI is InChI=1S/C65H104O6/c1-4-7-10-13-16-19-22-25-28-30-32-34-37-40-43-46-49-52-55-58-64(67)70-61-62(60-69-63(66)57-54-51-48-45-42-39-36-27-24-21-18-15-12-9-6-3)71-65(68)59-56-53-50-47-44-41-38-35-33-31-29-26-23-20-17-14-11-8-5-2/h16-21,25-29,32-36,40-45,62H,4-15,22-24,30-31,37-39,46-61H2,1-3H3/b19-16-,20-17-,21-18-,28-25-,29-26-,34-32-,35-33-,36-27-,43-40-,44-41-,45-42-/t62-/m0/s1. The van der Waals surface area contributed by atoms with Crippen LogP contribution in [0.15, 0.2) is 134 Å². The highest BCUT2D eigenvalue weighted by Crippen LogP contribution is 2.11. The molecule has 0 aromatic heterocycles. The molecule has 0 unspecified atom stereocenters. The molecule has 0 fully saturated rings. The predicted molar refractivity (Wildman–Crippen MR) is 306 cm³/mol. The van der Waals surface area contributed by atoms with E-state index in [-0.39, 0.29) is 37.5 Å². The molecular weight excluding hydrogens is 877 g/mol. The van der Waals surface area contributed by atoms with Crippen molar-refractivity contribution in [3.63, 3.8) is 0 Å². The summed E-state index contributed by atoms with van der Waals surface area (Å²) in [6.45, 7) is 6.45. The van der Waals surface area contributed by atoms with Gasteiger partial charge in [0.2, 0.25) is 0 Å².